The lowest BCUT2D eigenvalue weighted by atomic mass is 9.89. The predicted octanol–water partition coefficient (Wildman–Crippen LogP) is 1.15. The highest BCUT2D eigenvalue weighted by Crippen LogP contribution is 2.45. The van der Waals surface area contributed by atoms with Crippen LogP contribution in [0.4, 0.5) is 0 Å². The number of benzene rings is 1. The minimum Gasteiger partial charge on any atom is -0.481 e. The monoisotopic (exact) mass is 383 g/mol. The molecule has 1 aromatic heterocycles. The molecule has 2 aliphatic heterocycles. The molecular weight excluding hydrogens is 370 g/mol. The summed E-state index contributed by atoms with van der Waals surface area (Å²) in [4.78, 5) is 11.4. The fraction of sp³-hybridized carbons (Fsp3) is 0.429. The van der Waals surface area contributed by atoms with Crippen molar-refractivity contribution in [3.05, 3.63) is 23.2 Å². The molecular formula is C14H14ClN5O4S. The van der Waals surface area contributed by atoms with Gasteiger partial charge in [-0.25, -0.2) is 8.42 Å². The second-order valence-electron chi connectivity index (χ2n) is 6.19. The van der Waals surface area contributed by atoms with Gasteiger partial charge < -0.3 is 5.11 Å². The Morgan fingerprint density at radius 3 is 2.80 bits per heavy atom. The molecule has 3 unspecified atom stereocenters. The lowest BCUT2D eigenvalue weighted by molar-refractivity contribution is -0.142. The van der Waals surface area contributed by atoms with Gasteiger partial charge in [0.15, 0.2) is 0 Å². The maximum absolute atomic E-state index is 13.1. The van der Waals surface area contributed by atoms with Gasteiger partial charge in [-0.15, -0.1) is 10.2 Å². The molecule has 25 heavy (non-hydrogen) atoms. The highest BCUT2D eigenvalue weighted by molar-refractivity contribution is 7.89. The molecule has 2 aliphatic rings. The van der Waals surface area contributed by atoms with Crippen molar-refractivity contribution >= 4 is 27.6 Å². The van der Waals surface area contributed by atoms with E-state index in [0.717, 1.165) is 0 Å². The number of carbonyl (C=O) groups is 1. The number of fused-ring (bicyclic) bond motifs is 2. The smallest absolute Gasteiger partial charge is 0.308 e. The molecule has 11 heteroatoms. The summed E-state index contributed by atoms with van der Waals surface area (Å²) in [6.07, 6.45) is 1.59. The summed E-state index contributed by atoms with van der Waals surface area (Å²) >= 11 is 6.12. The van der Waals surface area contributed by atoms with E-state index in [0.29, 0.717) is 29.8 Å². The van der Waals surface area contributed by atoms with Gasteiger partial charge in [-0.05, 0) is 42.7 Å². The summed E-state index contributed by atoms with van der Waals surface area (Å²) in [5.74, 6) is -1.41. The standard InChI is InChI=1S/C14H14ClN5O4S/c15-11-3-2-8(6-9(11)13-16-18-19-17-13)25(23,24)20-7-1-4-12(20)10(5-7)14(21)22/h2-3,6-7,10,12H,1,4-5H2,(H,21,22)(H,16,17,18,19). The maximum Gasteiger partial charge on any atom is 0.308 e. The Bertz CT molecular complexity index is 933. The first-order valence-electron chi connectivity index (χ1n) is 7.69. The molecule has 9 nitrogen and oxygen atoms in total. The number of nitrogens with one attached hydrogen (secondary N) is 1. The molecule has 0 radical (unpaired) electrons. The van der Waals surface area contributed by atoms with E-state index in [1.165, 1.54) is 22.5 Å². The number of rotatable bonds is 4. The van der Waals surface area contributed by atoms with Gasteiger partial charge in [-0.2, -0.15) is 9.52 Å². The second kappa shape index (κ2) is 5.75. The van der Waals surface area contributed by atoms with Crippen molar-refractivity contribution in [2.45, 2.75) is 36.2 Å². The SMILES string of the molecule is O=C(O)C1CC2CCC1N2S(=O)(=O)c1ccc(Cl)c(-c2nn[nH]n2)c1. The summed E-state index contributed by atoms with van der Waals surface area (Å²) in [6.45, 7) is 0. The number of hydrogen-bond acceptors (Lipinski definition) is 6. The number of aromatic amines is 1. The Labute approximate surface area is 148 Å². The summed E-state index contributed by atoms with van der Waals surface area (Å²) in [6, 6.07) is 3.50. The van der Waals surface area contributed by atoms with Crippen LogP contribution in [0.5, 0.6) is 0 Å². The molecule has 0 saturated carbocycles. The largest absolute Gasteiger partial charge is 0.481 e. The van der Waals surface area contributed by atoms with Gasteiger partial charge >= 0.3 is 5.97 Å². The maximum atomic E-state index is 13.1. The van der Waals surface area contributed by atoms with Crippen molar-refractivity contribution in [3.8, 4) is 11.4 Å². The number of carboxylic acid groups (broad SMARTS) is 1. The third-order valence-corrected chi connectivity index (χ3v) is 7.19. The minimum atomic E-state index is -3.85. The molecule has 4 rings (SSSR count). The number of tetrazole rings is 1. The number of H-pyrrole nitrogens is 1. The van der Waals surface area contributed by atoms with E-state index in [1.807, 2.05) is 0 Å². The fourth-order valence-corrected chi connectivity index (χ4v) is 5.96. The third-order valence-electron chi connectivity index (χ3n) is 4.89. The molecule has 2 aromatic rings. The Morgan fingerprint density at radius 1 is 1.36 bits per heavy atom. The Balaban J connectivity index is 1.75. The van der Waals surface area contributed by atoms with Gasteiger partial charge in [-0.3, -0.25) is 4.79 Å². The summed E-state index contributed by atoms with van der Waals surface area (Å²) in [5.41, 5.74) is 0.345. The number of aliphatic carboxylic acids is 1. The van der Waals surface area contributed by atoms with Crippen LogP contribution >= 0.6 is 11.6 Å². The first-order valence-corrected chi connectivity index (χ1v) is 9.51. The zero-order valence-electron chi connectivity index (χ0n) is 12.8. The van der Waals surface area contributed by atoms with E-state index < -0.39 is 28.0 Å². The van der Waals surface area contributed by atoms with Gasteiger partial charge in [0.25, 0.3) is 0 Å². The predicted molar refractivity (Wildman–Crippen MR) is 86.2 cm³/mol. The average molecular weight is 384 g/mol. The molecule has 2 fully saturated rings. The van der Waals surface area contributed by atoms with Crippen molar-refractivity contribution in [1.29, 1.82) is 0 Å². The van der Waals surface area contributed by atoms with Gasteiger partial charge in [-0.1, -0.05) is 11.6 Å². The van der Waals surface area contributed by atoms with Gasteiger partial charge in [0.1, 0.15) is 0 Å². The number of nitrogens with zero attached hydrogens (tertiary/aromatic N) is 4. The number of aromatic nitrogens is 4. The van der Waals surface area contributed by atoms with Crippen LogP contribution in [0.2, 0.25) is 5.02 Å². The van der Waals surface area contributed by atoms with Gasteiger partial charge in [0.05, 0.1) is 15.8 Å². The first-order chi connectivity index (χ1) is 11.9. The molecule has 2 saturated heterocycles. The Morgan fingerprint density at radius 2 is 2.16 bits per heavy atom. The van der Waals surface area contributed by atoms with Crippen LogP contribution in [0.1, 0.15) is 19.3 Å². The topological polar surface area (TPSA) is 129 Å². The molecule has 0 aliphatic carbocycles. The quantitative estimate of drug-likeness (QED) is 0.809. The number of carboxylic acids is 1. The minimum absolute atomic E-state index is 0.0413. The van der Waals surface area contributed by atoms with Crippen molar-refractivity contribution in [2.24, 2.45) is 5.92 Å². The van der Waals surface area contributed by atoms with Crippen molar-refractivity contribution in [3.63, 3.8) is 0 Å². The third kappa shape index (κ3) is 2.52. The van der Waals surface area contributed by atoms with E-state index in [1.54, 1.807) is 0 Å². The fourth-order valence-electron chi connectivity index (χ4n) is 3.81. The van der Waals surface area contributed by atoms with Crippen LogP contribution in [0.3, 0.4) is 0 Å². The number of sulfonamides is 1. The van der Waals surface area contributed by atoms with Crippen LogP contribution in [-0.4, -0.2) is 56.5 Å². The lowest BCUT2D eigenvalue weighted by Gasteiger charge is -2.22. The Kier molecular flexibility index (Phi) is 3.78. The zero-order chi connectivity index (χ0) is 17.8. The van der Waals surface area contributed by atoms with E-state index >= 15 is 0 Å². The van der Waals surface area contributed by atoms with Gasteiger partial charge in [0.2, 0.25) is 15.8 Å². The molecule has 2 N–H and O–H groups in total. The summed E-state index contributed by atoms with van der Waals surface area (Å²) < 4.78 is 27.6. The van der Waals surface area contributed by atoms with Crippen LogP contribution in [0.15, 0.2) is 23.1 Å². The van der Waals surface area contributed by atoms with Crippen molar-refractivity contribution < 1.29 is 18.3 Å². The van der Waals surface area contributed by atoms with Crippen LogP contribution in [0.25, 0.3) is 11.4 Å². The number of hydrogen-bond donors (Lipinski definition) is 2. The van der Waals surface area contributed by atoms with Crippen LogP contribution in [0, 0.1) is 5.92 Å². The molecule has 132 valence electrons. The summed E-state index contributed by atoms with van der Waals surface area (Å²) in [7, 11) is -3.85. The second-order valence-corrected chi connectivity index (χ2v) is 8.44. The zero-order valence-corrected chi connectivity index (χ0v) is 14.4. The number of halogens is 1. The molecule has 0 amide bonds. The van der Waals surface area contributed by atoms with Crippen LogP contribution in [-0.2, 0) is 14.8 Å². The summed E-state index contributed by atoms with van der Waals surface area (Å²) in [5, 5.41) is 23.0. The highest BCUT2D eigenvalue weighted by Gasteiger charge is 2.54. The molecule has 0 spiro atoms. The molecule has 3 atom stereocenters. The molecule has 1 aromatic carbocycles. The van der Waals surface area contributed by atoms with E-state index in [4.69, 9.17) is 11.6 Å². The van der Waals surface area contributed by atoms with E-state index in [-0.39, 0.29) is 16.8 Å². The van der Waals surface area contributed by atoms with Crippen LogP contribution < -0.4 is 0 Å². The average Bonchev–Trinajstić information content (AvgIpc) is 3.30. The normalized spacial score (nSPS) is 26.2. The Hall–Kier alpha value is -2.04. The van der Waals surface area contributed by atoms with Crippen molar-refractivity contribution in [2.75, 3.05) is 0 Å². The van der Waals surface area contributed by atoms with Gasteiger partial charge in [0, 0.05) is 17.6 Å². The lowest BCUT2D eigenvalue weighted by Crippen LogP contribution is -2.37. The van der Waals surface area contributed by atoms with E-state index in [9.17, 15) is 18.3 Å². The molecule has 2 bridgehead atoms. The molecule has 3 heterocycles. The van der Waals surface area contributed by atoms with Crippen molar-refractivity contribution in [1.82, 2.24) is 24.9 Å². The highest BCUT2D eigenvalue weighted by atomic mass is 35.5. The first kappa shape index (κ1) is 16.4. The van der Waals surface area contributed by atoms with E-state index in [2.05, 4.69) is 20.6 Å².